The summed E-state index contributed by atoms with van der Waals surface area (Å²) in [6.07, 6.45) is 5.14. The summed E-state index contributed by atoms with van der Waals surface area (Å²) < 4.78 is 18.9. The molecule has 0 aliphatic heterocycles. The molecule has 0 atom stereocenters. The molecule has 0 radical (unpaired) electrons. The van der Waals surface area contributed by atoms with Crippen LogP contribution in [0.5, 0.6) is 5.75 Å². The molecule has 3 fully saturated rings. The van der Waals surface area contributed by atoms with Crippen molar-refractivity contribution in [3.8, 4) is 5.75 Å². The van der Waals surface area contributed by atoms with Gasteiger partial charge in [-0.1, -0.05) is 23.2 Å². The second kappa shape index (κ2) is 7.10. The van der Waals surface area contributed by atoms with E-state index in [1.807, 2.05) is 24.3 Å². The van der Waals surface area contributed by atoms with Crippen LogP contribution in [0.4, 0.5) is 10.1 Å². The lowest BCUT2D eigenvalue weighted by Gasteiger charge is -2.71. The zero-order valence-electron chi connectivity index (χ0n) is 16.1. The van der Waals surface area contributed by atoms with Crippen molar-refractivity contribution in [1.29, 1.82) is 0 Å². The fraction of sp³-hybridized carbons (Fsp3) is 0.304. The van der Waals surface area contributed by atoms with E-state index in [-0.39, 0.29) is 28.4 Å². The number of hydrogen-bond donors (Lipinski definition) is 1. The third kappa shape index (κ3) is 3.50. The molecule has 3 aliphatic rings. The fourth-order valence-corrected chi connectivity index (χ4v) is 5.32. The first-order chi connectivity index (χ1) is 14.4. The molecule has 6 rings (SSSR count). The molecule has 0 unspecified atom stereocenters. The monoisotopic (exact) mass is 444 g/mol. The van der Waals surface area contributed by atoms with Crippen LogP contribution in [0.15, 0.2) is 48.7 Å². The Morgan fingerprint density at radius 1 is 1.13 bits per heavy atom. The molecule has 0 amide bonds. The van der Waals surface area contributed by atoms with Gasteiger partial charge in [0.1, 0.15) is 18.2 Å². The van der Waals surface area contributed by atoms with Gasteiger partial charge in [0.25, 0.3) is 0 Å². The van der Waals surface area contributed by atoms with E-state index in [4.69, 9.17) is 27.9 Å². The summed E-state index contributed by atoms with van der Waals surface area (Å²) >= 11 is 11.7. The topological polar surface area (TPSA) is 51.2 Å². The van der Waals surface area contributed by atoms with E-state index in [9.17, 15) is 9.18 Å². The van der Waals surface area contributed by atoms with Gasteiger partial charge in [-0.05, 0) is 61.1 Å². The minimum absolute atomic E-state index is 0.0302. The van der Waals surface area contributed by atoms with Gasteiger partial charge in [0, 0.05) is 40.3 Å². The molecule has 1 aromatic heterocycles. The molecule has 30 heavy (non-hydrogen) atoms. The number of carbonyl (C=O) groups excluding carboxylic acids is 1. The van der Waals surface area contributed by atoms with Crippen LogP contribution in [0.3, 0.4) is 0 Å². The summed E-state index contributed by atoms with van der Waals surface area (Å²) in [6.45, 7) is -0.0565. The number of aromatic nitrogens is 1. The Balaban J connectivity index is 1.16. The number of halogens is 3. The van der Waals surface area contributed by atoms with Crippen LogP contribution in [0.1, 0.15) is 25.7 Å². The molecule has 3 saturated carbocycles. The van der Waals surface area contributed by atoms with Crippen molar-refractivity contribution in [2.75, 3.05) is 11.9 Å². The molecule has 7 heteroatoms. The lowest BCUT2D eigenvalue weighted by atomic mass is 9.38. The van der Waals surface area contributed by atoms with Gasteiger partial charge in [-0.3, -0.25) is 9.78 Å². The highest BCUT2D eigenvalue weighted by Gasteiger charge is 2.68. The van der Waals surface area contributed by atoms with Crippen LogP contribution in [-0.2, 0) is 4.79 Å². The second-order valence-corrected chi connectivity index (χ2v) is 9.38. The van der Waals surface area contributed by atoms with Crippen LogP contribution >= 0.6 is 23.2 Å². The standard InChI is InChI=1S/C23H19Cl2FN2O2/c24-14-1-3-17-20(5-6-27-21(17)7-14)28-23-11-22(12-23,13-23)9-15(29)10-30-16-2-4-18(25)19(26)8-16/h1-8H,9-13H2,(H,27,28). The smallest absolute Gasteiger partial charge is 0.170 e. The first kappa shape index (κ1) is 19.6. The average Bonchev–Trinajstić information content (AvgIpc) is 2.66. The predicted octanol–water partition coefficient (Wildman–Crippen LogP) is 6.05. The van der Waals surface area contributed by atoms with E-state index in [1.54, 1.807) is 12.3 Å². The quantitative estimate of drug-likeness (QED) is 0.481. The van der Waals surface area contributed by atoms with Gasteiger partial charge in [0.15, 0.2) is 5.78 Å². The summed E-state index contributed by atoms with van der Waals surface area (Å²) in [4.78, 5) is 16.8. The Kier molecular flexibility index (Phi) is 4.64. The highest BCUT2D eigenvalue weighted by molar-refractivity contribution is 6.31. The van der Waals surface area contributed by atoms with E-state index in [2.05, 4.69) is 10.3 Å². The van der Waals surface area contributed by atoms with Crippen LogP contribution in [0.2, 0.25) is 10.0 Å². The maximum Gasteiger partial charge on any atom is 0.170 e. The molecular formula is C23H19Cl2FN2O2. The van der Waals surface area contributed by atoms with Gasteiger partial charge < -0.3 is 10.1 Å². The van der Waals surface area contributed by atoms with Crippen molar-refractivity contribution in [3.63, 3.8) is 0 Å². The minimum Gasteiger partial charge on any atom is -0.486 e. The number of Topliss-reactive ketones (excluding diaryl/α,β-unsaturated/α-hetero) is 1. The lowest BCUT2D eigenvalue weighted by Crippen LogP contribution is -2.71. The summed E-state index contributed by atoms with van der Waals surface area (Å²) in [5.74, 6) is -0.215. The third-order valence-corrected chi connectivity index (χ3v) is 6.65. The summed E-state index contributed by atoms with van der Waals surface area (Å²) in [6, 6.07) is 11.9. The fourth-order valence-electron chi connectivity index (χ4n) is 5.03. The lowest BCUT2D eigenvalue weighted by molar-refractivity contribution is -0.147. The Morgan fingerprint density at radius 3 is 2.70 bits per heavy atom. The number of carbonyl (C=O) groups is 1. The Labute approximate surface area is 183 Å². The zero-order valence-corrected chi connectivity index (χ0v) is 17.6. The van der Waals surface area contributed by atoms with E-state index in [0.29, 0.717) is 17.2 Å². The Bertz CT molecular complexity index is 1150. The molecule has 0 saturated heterocycles. The molecule has 3 aromatic rings. The maximum atomic E-state index is 13.5. The van der Waals surface area contributed by atoms with Crippen molar-refractivity contribution in [3.05, 3.63) is 64.5 Å². The normalized spacial score (nSPS) is 24.1. The van der Waals surface area contributed by atoms with Crippen LogP contribution < -0.4 is 10.1 Å². The number of hydrogen-bond acceptors (Lipinski definition) is 4. The first-order valence-corrected chi connectivity index (χ1v) is 10.5. The first-order valence-electron chi connectivity index (χ1n) is 9.78. The number of anilines is 1. The van der Waals surface area contributed by atoms with Crippen LogP contribution in [0, 0.1) is 11.2 Å². The van der Waals surface area contributed by atoms with Gasteiger partial charge in [-0.15, -0.1) is 0 Å². The number of nitrogens with zero attached hydrogens (tertiary/aromatic N) is 1. The van der Waals surface area contributed by atoms with E-state index in [0.717, 1.165) is 35.9 Å². The number of rotatable bonds is 7. The van der Waals surface area contributed by atoms with Crippen LogP contribution in [0.25, 0.3) is 10.9 Å². The Morgan fingerprint density at radius 2 is 1.93 bits per heavy atom. The van der Waals surface area contributed by atoms with Gasteiger partial charge in [-0.2, -0.15) is 0 Å². The molecule has 2 aromatic carbocycles. The SMILES string of the molecule is O=C(COc1ccc(Cl)c(F)c1)CC12CC(Nc3ccnc4cc(Cl)ccc34)(C1)C2. The molecule has 1 N–H and O–H groups in total. The number of ketones is 1. The van der Waals surface area contributed by atoms with Gasteiger partial charge in [-0.25, -0.2) is 4.39 Å². The number of fused-ring (bicyclic) bond motifs is 1. The van der Waals surface area contributed by atoms with E-state index in [1.165, 1.54) is 12.1 Å². The average molecular weight is 445 g/mol. The summed E-state index contributed by atoms with van der Waals surface area (Å²) in [5, 5.41) is 5.41. The van der Waals surface area contributed by atoms with Crippen molar-refractivity contribution < 1.29 is 13.9 Å². The van der Waals surface area contributed by atoms with Crippen molar-refractivity contribution in [1.82, 2.24) is 4.98 Å². The number of benzene rings is 2. The van der Waals surface area contributed by atoms with E-state index < -0.39 is 5.82 Å². The van der Waals surface area contributed by atoms with Gasteiger partial charge in [0.2, 0.25) is 0 Å². The molecule has 3 aliphatic carbocycles. The molecule has 1 heterocycles. The van der Waals surface area contributed by atoms with E-state index >= 15 is 0 Å². The maximum absolute atomic E-state index is 13.5. The largest absolute Gasteiger partial charge is 0.486 e. The number of pyridine rings is 1. The van der Waals surface area contributed by atoms with Crippen molar-refractivity contribution >= 4 is 45.6 Å². The minimum atomic E-state index is -0.556. The van der Waals surface area contributed by atoms with Crippen molar-refractivity contribution in [2.24, 2.45) is 5.41 Å². The van der Waals surface area contributed by atoms with Crippen molar-refractivity contribution in [2.45, 2.75) is 31.2 Å². The molecule has 154 valence electrons. The van der Waals surface area contributed by atoms with Gasteiger partial charge >= 0.3 is 0 Å². The van der Waals surface area contributed by atoms with Crippen LogP contribution in [-0.4, -0.2) is 22.9 Å². The third-order valence-electron chi connectivity index (χ3n) is 6.11. The molecule has 4 nitrogen and oxygen atoms in total. The Hall–Kier alpha value is -2.37. The zero-order chi connectivity index (χ0) is 20.9. The second-order valence-electron chi connectivity index (χ2n) is 8.54. The number of nitrogens with one attached hydrogen (secondary N) is 1. The molecule has 2 bridgehead atoms. The molecule has 0 spiro atoms. The summed E-state index contributed by atoms with van der Waals surface area (Å²) in [7, 11) is 0. The van der Waals surface area contributed by atoms with Gasteiger partial charge in [0.05, 0.1) is 10.5 Å². The summed E-state index contributed by atoms with van der Waals surface area (Å²) in [5.41, 5.74) is 2.02. The molecular weight excluding hydrogens is 426 g/mol. The predicted molar refractivity (Wildman–Crippen MR) is 116 cm³/mol. The number of ether oxygens (including phenoxy) is 1. The highest BCUT2D eigenvalue weighted by Crippen LogP contribution is 2.70. The highest BCUT2D eigenvalue weighted by atomic mass is 35.5.